The Hall–Kier alpha value is -1.63. The second-order valence-electron chi connectivity index (χ2n) is 9.89. The number of nitriles is 1. The van der Waals surface area contributed by atoms with Crippen LogP contribution in [0.1, 0.15) is 46.8 Å². The lowest BCUT2D eigenvalue weighted by atomic mass is 9.90. The Morgan fingerprint density at radius 2 is 2.06 bits per heavy atom. The molecule has 1 aromatic rings. The molecule has 0 aliphatic carbocycles. The van der Waals surface area contributed by atoms with Gasteiger partial charge in [0.25, 0.3) is 14.1 Å². The molecule has 0 aromatic carbocycles. The molecule has 13 heteroatoms. The molecule has 200 valence electrons. The van der Waals surface area contributed by atoms with E-state index >= 15 is 0 Å². The number of H-pyrrole nitrogens is 1. The molecule has 36 heavy (non-hydrogen) atoms. The number of ether oxygens (including phenoxy) is 2. The van der Waals surface area contributed by atoms with Crippen molar-refractivity contribution >= 4 is 15.7 Å². The van der Waals surface area contributed by atoms with E-state index < -0.39 is 51.0 Å². The molecular formula is C23H36N4O7P2. The summed E-state index contributed by atoms with van der Waals surface area (Å²) in [5, 5.41) is 9.03. The van der Waals surface area contributed by atoms with Crippen LogP contribution < -0.4 is 11.2 Å². The average molecular weight is 543 g/mol. The Labute approximate surface area is 212 Å². The Bertz CT molecular complexity index is 1130. The highest BCUT2D eigenvalue weighted by molar-refractivity contribution is 7.65. The van der Waals surface area contributed by atoms with Crippen molar-refractivity contribution in [3.8, 4) is 6.07 Å². The lowest BCUT2D eigenvalue weighted by Gasteiger charge is -2.42. The summed E-state index contributed by atoms with van der Waals surface area (Å²) in [6.45, 7) is 12.0. The molecule has 2 aliphatic heterocycles. The van der Waals surface area contributed by atoms with E-state index in [2.05, 4.69) is 15.7 Å². The predicted octanol–water partition coefficient (Wildman–Crippen LogP) is 3.39. The Morgan fingerprint density at radius 3 is 2.64 bits per heavy atom. The van der Waals surface area contributed by atoms with Crippen molar-refractivity contribution < 1.29 is 23.1 Å². The molecule has 0 radical (unpaired) electrons. The summed E-state index contributed by atoms with van der Waals surface area (Å²) in [5.74, 6) is 1.64. The number of aromatic amines is 1. The number of fused-ring (bicyclic) bond motifs is 2. The molecule has 1 unspecified atom stereocenters. The number of nitrogens with zero attached hydrogens (tertiary/aromatic N) is 3. The molecule has 0 spiro atoms. The van der Waals surface area contributed by atoms with Crippen LogP contribution in [0.5, 0.6) is 0 Å². The van der Waals surface area contributed by atoms with Gasteiger partial charge in [0.15, 0.2) is 6.23 Å². The van der Waals surface area contributed by atoms with E-state index in [0.717, 1.165) is 0 Å². The summed E-state index contributed by atoms with van der Waals surface area (Å²) in [6, 6.07) is 3.50. The van der Waals surface area contributed by atoms with Gasteiger partial charge in [-0.3, -0.25) is 14.3 Å². The van der Waals surface area contributed by atoms with Crippen molar-refractivity contribution in [2.75, 3.05) is 26.5 Å². The Morgan fingerprint density at radius 1 is 1.36 bits per heavy atom. The highest BCUT2D eigenvalue weighted by Gasteiger charge is 2.60. The molecule has 3 heterocycles. The monoisotopic (exact) mass is 542 g/mol. The van der Waals surface area contributed by atoms with Gasteiger partial charge in [-0.25, -0.2) is 9.46 Å². The van der Waals surface area contributed by atoms with Crippen LogP contribution in [0.4, 0.5) is 0 Å². The zero-order valence-electron chi connectivity index (χ0n) is 21.6. The smallest absolute Gasteiger partial charge is 0.330 e. The van der Waals surface area contributed by atoms with Crippen molar-refractivity contribution in [3.05, 3.63) is 45.0 Å². The summed E-state index contributed by atoms with van der Waals surface area (Å²) in [5.41, 5.74) is -2.18. The first-order chi connectivity index (χ1) is 16.9. The molecule has 5 atom stereocenters. The Balaban J connectivity index is 2.06. The van der Waals surface area contributed by atoms with Crippen molar-refractivity contribution in [2.24, 2.45) is 0 Å². The van der Waals surface area contributed by atoms with E-state index in [0.29, 0.717) is 13.0 Å². The van der Waals surface area contributed by atoms with Crippen LogP contribution in [0, 0.1) is 11.3 Å². The lowest BCUT2D eigenvalue weighted by Crippen LogP contribution is -2.50. The standard InChI is InChI=1S/C23H36N4O7P2/c1-16(2)27(17(3)4)35(32-13-7-11-24)34-20-19-21(26-12-8-18(28)25-22(26)29)33-23(20,9-14-31-19)10-15-36(5,6)30/h8,10,12,15-17,19-21H,7,9,13-14H2,1-6H3,(H,25,28,29)/b15-10+/t19-,20+,21-,23-,35?/m1/s1. The zero-order valence-corrected chi connectivity index (χ0v) is 23.4. The summed E-state index contributed by atoms with van der Waals surface area (Å²) < 4.78 is 41.3. The van der Waals surface area contributed by atoms with Crippen molar-refractivity contribution in [1.29, 1.82) is 5.26 Å². The maximum Gasteiger partial charge on any atom is 0.330 e. The number of nitrogens with one attached hydrogen (secondary N) is 1. The van der Waals surface area contributed by atoms with Crippen LogP contribution in [-0.4, -0.2) is 70.7 Å². The first kappa shape index (κ1) is 28.9. The second-order valence-corrected chi connectivity index (χ2v) is 14.5. The van der Waals surface area contributed by atoms with E-state index in [-0.39, 0.29) is 25.1 Å². The Kier molecular flexibility index (Phi) is 9.51. The van der Waals surface area contributed by atoms with E-state index in [9.17, 15) is 14.2 Å². The van der Waals surface area contributed by atoms with Gasteiger partial charge in [-0.05, 0) is 52.9 Å². The van der Waals surface area contributed by atoms with Gasteiger partial charge in [0.2, 0.25) is 0 Å². The fourth-order valence-electron chi connectivity index (χ4n) is 4.42. The summed E-state index contributed by atoms with van der Waals surface area (Å²) >= 11 is 0. The van der Waals surface area contributed by atoms with E-state index in [4.69, 9.17) is 23.8 Å². The molecule has 2 saturated heterocycles. The molecule has 1 aromatic heterocycles. The first-order valence-electron chi connectivity index (χ1n) is 12.0. The van der Waals surface area contributed by atoms with E-state index in [1.54, 1.807) is 25.2 Å². The molecule has 0 saturated carbocycles. The number of hydrogen-bond acceptors (Lipinski definition) is 9. The van der Waals surface area contributed by atoms with Crippen molar-refractivity contribution in [3.63, 3.8) is 0 Å². The van der Waals surface area contributed by atoms with Crippen LogP contribution in [-0.2, 0) is 23.1 Å². The maximum atomic E-state index is 12.6. The molecule has 2 fully saturated rings. The number of aromatic nitrogens is 2. The van der Waals surface area contributed by atoms with Crippen LogP contribution in [0.2, 0.25) is 0 Å². The van der Waals surface area contributed by atoms with Gasteiger partial charge in [-0.15, -0.1) is 0 Å². The molecule has 3 rings (SSSR count). The van der Waals surface area contributed by atoms with Gasteiger partial charge in [-0.1, -0.05) is 0 Å². The maximum absolute atomic E-state index is 12.6. The highest BCUT2D eigenvalue weighted by atomic mass is 31.2. The molecular weight excluding hydrogens is 506 g/mol. The van der Waals surface area contributed by atoms with Gasteiger partial charge in [0.05, 0.1) is 25.7 Å². The third kappa shape index (κ3) is 6.62. The first-order valence-corrected chi connectivity index (χ1v) is 15.8. The van der Waals surface area contributed by atoms with Crippen molar-refractivity contribution in [1.82, 2.24) is 14.2 Å². The molecule has 2 aliphatic rings. The minimum Gasteiger partial charge on any atom is -0.370 e. The van der Waals surface area contributed by atoms with E-state index in [1.165, 1.54) is 16.8 Å². The van der Waals surface area contributed by atoms with Crippen LogP contribution in [0.25, 0.3) is 0 Å². The minimum atomic E-state index is -2.56. The minimum absolute atomic E-state index is 0.0804. The second kappa shape index (κ2) is 11.8. The summed E-state index contributed by atoms with van der Waals surface area (Å²) in [4.78, 5) is 26.5. The highest BCUT2D eigenvalue weighted by Crippen LogP contribution is 2.55. The molecule has 11 nitrogen and oxygen atoms in total. The SMILES string of the molecule is CC(C)N(C(C)C)P(OCCC#N)O[C@H]1[C@H]2OCC[C@]1(/C=C/P(C)(C)=O)O[C@H]2n1ccc(=O)[nH]c1=O. The third-order valence-electron chi connectivity index (χ3n) is 5.91. The predicted molar refractivity (Wildman–Crippen MR) is 137 cm³/mol. The largest absolute Gasteiger partial charge is 0.370 e. The van der Waals surface area contributed by atoms with Gasteiger partial charge >= 0.3 is 5.69 Å². The summed E-state index contributed by atoms with van der Waals surface area (Å²) in [7, 11) is -4.20. The molecule has 0 amide bonds. The number of hydrogen-bond donors (Lipinski definition) is 1. The normalized spacial score (nSPS) is 27.3. The van der Waals surface area contributed by atoms with Crippen LogP contribution in [0.3, 0.4) is 0 Å². The fourth-order valence-corrected chi connectivity index (χ4v) is 6.83. The number of rotatable bonds is 11. The van der Waals surface area contributed by atoms with Gasteiger partial charge in [0.1, 0.15) is 25.0 Å². The lowest BCUT2D eigenvalue weighted by molar-refractivity contribution is -0.0864. The average Bonchev–Trinajstić information content (AvgIpc) is 2.92. The van der Waals surface area contributed by atoms with E-state index in [1.807, 2.05) is 27.7 Å². The van der Waals surface area contributed by atoms with Gasteiger partial charge in [-0.2, -0.15) is 5.26 Å². The zero-order chi connectivity index (χ0) is 26.7. The quantitative estimate of drug-likeness (QED) is 0.330. The summed E-state index contributed by atoms with van der Waals surface area (Å²) in [6.07, 6.45) is 1.46. The molecule has 2 bridgehead atoms. The topological polar surface area (TPSA) is 136 Å². The van der Waals surface area contributed by atoms with Crippen molar-refractivity contribution in [2.45, 2.75) is 76.7 Å². The van der Waals surface area contributed by atoms with Crippen LogP contribution >= 0.6 is 15.7 Å². The third-order valence-corrected chi connectivity index (χ3v) is 8.89. The molecule has 1 N–H and O–H groups in total. The van der Waals surface area contributed by atoms with Gasteiger partial charge in [0, 0.05) is 30.8 Å². The van der Waals surface area contributed by atoms with Crippen LogP contribution in [0.15, 0.2) is 33.7 Å². The van der Waals surface area contributed by atoms with Gasteiger partial charge < -0.3 is 23.1 Å². The fraction of sp³-hybridized carbons (Fsp3) is 0.696.